The maximum Gasteiger partial charge on any atom is 0.0687 e. The molecule has 0 fully saturated rings. The first kappa shape index (κ1) is 14.5. The van der Waals surface area contributed by atoms with Gasteiger partial charge in [0.05, 0.1) is 11.5 Å². The van der Waals surface area contributed by atoms with Crippen molar-refractivity contribution >= 4 is 0 Å². The summed E-state index contributed by atoms with van der Waals surface area (Å²) in [5, 5.41) is 9.30. The number of hydrogen-bond acceptors (Lipinski definition) is 1. The lowest BCUT2D eigenvalue weighted by Crippen LogP contribution is -2.24. The molecule has 0 N–H and O–H groups in total. The van der Waals surface area contributed by atoms with Crippen LogP contribution in [0.1, 0.15) is 67.7 Å². The smallest absolute Gasteiger partial charge is 0.0687 e. The number of nitriles is 1. The quantitative estimate of drug-likeness (QED) is 0.656. The molecule has 0 radical (unpaired) electrons. The highest BCUT2D eigenvalue weighted by molar-refractivity contribution is 4.98. The van der Waals surface area contributed by atoms with E-state index < -0.39 is 0 Å². The highest BCUT2D eigenvalue weighted by atomic mass is 14.4. The van der Waals surface area contributed by atoms with Gasteiger partial charge in [0.15, 0.2) is 0 Å². The fraction of sp³-hybridized carbons (Fsp3) is 0.929. The lowest BCUT2D eigenvalue weighted by atomic mass is 9.71. The first-order valence-corrected chi connectivity index (χ1v) is 5.89. The Kier molecular flexibility index (Phi) is 4.40. The van der Waals surface area contributed by atoms with Crippen LogP contribution in [0.15, 0.2) is 0 Å². The van der Waals surface area contributed by atoms with Crippen LogP contribution in [0.3, 0.4) is 0 Å². The van der Waals surface area contributed by atoms with Gasteiger partial charge in [0.2, 0.25) is 0 Å². The summed E-state index contributed by atoms with van der Waals surface area (Å²) in [5.74, 6) is 0. The van der Waals surface area contributed by atoms with Crippen LogP contribution in [0, 0.1) is 27.6 Å². The molecule has 0 saturated carbocycles. The number of hydrogen-bond donors (Lipinski definition) is 0. The zero-order chi connectivity index (χ0) is 12.3. The van der Waals surface area contributed by atoms with Gasteiger partial charge < -0.3 is 0 Å². The minimum Gasteiger partial charge on any atom is -0.198 e. The minimum atomic E-state index is -0.161. The molecule has 0 aromatic carbocycles. The van der Waals surface area contributed by atoms with Crippen molar-refractivity contribution in [2.24, 2.45) is 16.2 Å². The van der Waals surface area contributed by atoms with Crippen molar-refractivity contribution in [3.05, 3.63) is 0 Å². The molecule has 0 aliphatic rings. The monoisotopic (exact) mass is 209 g/mol. The first-order chi connectivity index (χ1) is 6.47. The van der Waals surface area contributed by atoms with Crippen molar-refractivity contribution in [1.82, 2.24) is 0 Å². The van der Waals surface area contributed by atoms with Gasteiger partial charge in [0.1, 0.15) is 0 Å². The standard InChI is InChI=1S/C14H27N/c1-12(2,3)8-9-14(7,11-15)10-13(4,5)6/h8-10H2,1-7H3/t14-/m0/s1. The molecule has 15 heavy (non-hydrogen) atoms. The maximum atomic E-state index is 9.30. The summed E-state index contributed by atoms with van der Waals surface area (Å²) in [6.07, 6.45) is 3.10. The summed E-state index contributed by atoms with van der Waals surface area (Å²) in [6, 6.07) is 2.51. The van der Waals surface area contributed by atoms with Gasteiger partial charge in [0.25, 0.3) is 0 Å². The molecule has 1 heteroatoms. The third kappa shape index (κ3) is 7.42. The third-order valence-electron chi connectivity index (χ3n) is 2.62. The highest BCUT2D eigenvalue weighted by Gasteiger charge is 2.31. The Morgan fingerprint density at radius 2 is 1.27 bits per heavy atom. The van der Waals surface area contributed by atoms with Gasteiger partial charge >= 0.3 is 0 Å². The van der Waals surface area contributed by atoms with Gasteiger partial charge in [-0.15, -0.1) is 0 Å². The maximum absolute atomic E-state index is 9.30. The van der Waals surface area contributed by atoms with Crippen LogP contribution in [-0.2, 0) is 0 Å². The zero-order valence-electron chi connectivity index (χ0n) is 11.6. The van der Waals surface area contributed by atoms with Gasteiger partial charge in [-0.05, 0) is 37.0 Å². The fourth-order valence-corrected chi connectivity index (χ4v) is 2.01. The van der Waals surface area contributed by atoms with Crippen molar-refractivity contribution in [3.63, 3.8) is 0 Å². The van der Waals surface area contributed by atoms with Crippen molar-refractivity contribution in [2.45, 2.75) is 67.7 Å². The van der Waals surface area contributed by atoms with Crippen LogP contribution in [0.25, 0.3) is 0 Å². The van der Waals surface area contributed by atoms with Gasteiger partial charge in [-0.2, -0.15) is 5.26 Å². The zero-order valence-corrected chi connectivity index (χ0v) is 11.6. The van der Waals surface area contributed by atoms with E-state index in [1.807, 2.05) is 0 Å². The summed E-state index contributed by atoms with van der Waals surface area (Å²) in [5.41, 5.74) is 0.407. The molecule has 0 aliphatic carbocycles. The molecule has 0 bridgehead atoms. The molecule has 1 atom stereocenters. The van der Waals surface area contributed by atoms with E-state index in [0.29, 0.717) is 5.41 Å². The van der Waals surface area contributed by atoms with E-state index >= 15 is 0 Å². The molecule has 88 valence electrons. The highest BCUT2D eigenvalue weighted by Crippen LogP contribution is 2.39. The van der Waals surface area contributed by atoms with Crippen molar-refractivity contribution in [3.8, 4) is 6.07 Å². The van der Waals surface area contributed by atoms with E-state index in [2.05, 4.69) is 54.5 Å². The Labute approximate surface area is 95.9 Å². The molecule has 0 aromatic rings. The Bertz CT molecular complexity index is 234. The van der Waals surface area contributed by atoms with Crippen LogP contribution >= 0.6 is 0 Å². The molecule has 0 spiro atoms. The summed E-state index contributed by atoms with van der Waals surface area (Å²) in [4.78, 5) is 0. The van der Waals surface area contributed by atoms with Crippen molar-refractivity contribution in [2.75, 3.05) is 0 Å². The third-order valence-corrected chi connectivity index (χ3v) is 2.62. The largest absolute Gasteiger partial charge is 0.198 e. The average molecular weight is 209 g/mol. The molecule has 0 amide bonds. The summed E-state index contributed by atoms with van der Waals surface area (Å²) in [7, 11) is 0. The van der Waals surface area contributed by atoms with Gasteiger partial charge in [0, 0.05) is 0 Å². The molecular weight excluding hydrogens is 182 g/mol. The SMILES string of the molecule is CC(C)(C)CC[C@](C)(C#N)CC(C)(C)C. The minimum absolute atomic E-state index is 0.161. The summed E-state index contributed by atoms with van der Waals surface area (Å²) in [6.45, 7) is 15.4. The summed E-state index contributed by atoms with van der Waals surface area (Å²) >= 11 is 0. The van der Waals surface area contributed by atoms with E-state index in [1.165, 1.54) is 0 Å². The average Bonchev–Trinajstić information content (AvgIpc) is 1.97. The summed E-state index contributed by atoms with van der Waals surface area (Å²) < 4.78 is 0. The van der Waals surface area contributed by atoms with Gasteiger partial charge in [-0.25, -0.2) is 0 Å². The normalized spacial score (nSPS) is 16.9. The Morgan fingerprint density at radius 3 is 1.53 bits per heavy atom. The molecule has 0 aliphatic heterocycles. The topological polar surface area (TPSA) is 23.8 Å². The molecular formula is C14H27N. The fourth-order valence-electron chi connectivity index (χ4n) is 2.01. The molecule has 0 rings (SSSR count). The predicted molar refractivity (Wildman–Crippen MR) is 66.5 cm³/mol. The van der Waals surface area contributed by atoms with Crippen LogP contribution in [0.5, 0.6) is 0 Å². The number of nitrogens with zero attached hydrogens (tertiary/aromatic N) is 1. The molecule has 0 heterocycles. The van der Waals surface area contributed by atoms with E-state index in [0.717, 1.165) is 19.3 Å². The Morgan fingerprint density at radius 1 is 0.800 bits per heavy atom. The van der Waals surface area contributed by atoms with E-state index in [-0.39, 0.29) is 10.8 Å². The van der Waals surface area contributed by atoms with E-state index in [4.69, 9.17) is 0 Å². The van der Waals surface area contributed by atoms with Crippen LogP contribution in [0.2, 0.25) is 0 Å². The predicted octanol–water partition coefficient (Wildman–Crippen LogP) is 4.78. The molecule has 0 aromatic heterocycles. The molecule has 0 unspecified atom stereocenters. The van der Waals surface area contributed by atoms with Gasteiger partial charge in [-0.3, -0.25) is 0 Å². The van der Waals surface area contributed by atoms with E-state index in [1.54, 1.807) is 0 Å². The number of rotatable bonds is 3. The van der Waals surface area contributed by atoms with Crippen molar-refractivity contribution < 1.29 is 0 Å². The van der Waals surface area contributed by atoms with E-state index in [9.17, 15) is 5.26 Å². The van der Waals surface area contributed by atoms with Crippen LogP contribution < -0.4 is 0 Å². The second-order valence-corrected chi connectivity index (χ2v) is 7.47. The van der Waals surface area contributed by atoms with Crippen LogP contribution in [0.4, 0.5) is 0 Å². The Hall–Kier alpha value is -0.510. The van der Waals surface area contributed by atoms with Crippen LogP contribution in [-0.4, -0.2) is 0 Å². The first-order valence-electron chi connectivity index (χ1n) is 5.89. The van der Waals surface area contributed by atoms with Gasteiger partial charge in [-0.1, -0.05) is 41.5 Å². The second kappa shape index (κ2) is 4.56. The molecule has 0 saturated heterocycles. The van der Waals surface area contributed by atoms with Crippen molar-refractivity contribution in [1.29, 1.82) is 5.26 Å². The Balaban J connectivity index is 4.41. The lowest BCUT2D eigenvalue weighted by molar-refractivity contribution is 0.207. The molecule has 1 nitrogen and oxygen atoms in total. The lowest BCUT2D eigenvalue weighted by Gasteiger charge is -2.32. The second-order valence-electron chi connectivity index (χ2n) is 7.47.